The minimum absolute atomic E-state index is 0.168. The minimum Gasteiger partial charge on any atom is -0.364 e. The van der Waals surface area contributed by atoms with Crippen molar-refractivity contribution in [2.24, 2.45) is 0 Å². The highest BCUT2D eigenvalue weighted by atomic mass is 35.5. The topological polar surface area (TPSA) is 43.1 Å². The van der Waals surface area contributed by atoms with Gasteiger partial charge in [-0.05, 0) is 23.7 Å². The summed E-state index contributed by atoms with van der Waals surface area (Å²) in [6, 6.07) is 4.59. The fourth-order valence-corrected chi connectivity index (χ4v) is 2.14. The van der Waals surface area contributed by atoms with Crippen LogP contribution in [0.4, 0.5) is 0 Å². The number of hydrogen-bond donors (Lipinski definition) is 0. The predicted octanol–water partition coefficient (Wildman–Crippen LogP) is 4.03. The first-order valence-corrected chi connectivity index (χ1v) is 5.33. The lowest BCUT2D eigenvalue weighted by Crippen LogP contribution is -1.93. The molecule has 16 heavy (non-hydrogen) atoms. The first-order chi connectivity index (χ1) is 7.61. The molecule has 0 amide bonds. The van der Waals surface area contributed by atoms with Gasteiger partial charge in [0, 0.05) is 11.6 Å². The summed E-state index contributed by atoms with van der Waals surface area (Å²) in [7, 11) is 0. The van der Waals surface area contributed by atoms with Crippen molar-refractivity contribution in [3.63, 3.8) is 0 Å². The molecule has 0 aliphatic heterocycles. The molecule has 1 aromatic heterocycles. The van der Waals surface area contributed by atoms with Gasteiger partial charge in [-0.3, -0.25) is 4.79 Å². The summed E-state index contributed by atoms with van der Waals surface area (Å²) in [5.74, 6) is 0. The smallest absolute Gasteiger partial charge is 0.253 e. The van der Waals surface area contributed by atoms with Crippen LogP contribution < -0.4 is 0 Å². The summed E-state index contributed by atoms with van der Waals surface area (Å²) in [6.07, 6.45) is 1.39. The molecule has 0 N–H and O–H groups in total. The molecule has 0 bridgehead atoms. The number of benzene rings is 1. The molecule has 1 heterocycles. The zero-order valence-corrected chi connectivity index (χ0v) is 9.97. The van der Waals surface area contributed by atoms with E-state index < -0.39 is 5.24 Å². The molecule has 0 saturated carbocycles. The number of aromatic nitrogens is 1. The van der Waals surface area contributed by atoms with E-state index in [2.05, 4.69) is 5.16 Å². The zero-order chi connectivity index (χ0) is 11.7. The van der Waals surface area contributed by atoms with E-state index in [1.807, 2.05) is 0 Å². The van der Waals surface area contributed by atoms with Crippen LogP contribution in [-0.2, 0) is 0 Å². The van der Waals surface area contributed by atoms with Gasteiger partial charge < -0.3 is 4.52 Å². The highest BCUT2D eigenvalue weighted by Crippen LogP contribution is 2.36. The number of halogens is 3. The van der Waals surface area contributed by atoms with Crippen molar-refractivity contribution in [1.29, 1.82) is 0 Å². The number of carbonyl (C=O) groups is 1. The Hall–Kier alpha value is -1.03. The molecule has 0 atom stereocenters. The number of hydrogen-bond acceptors (Lipinski definition) is 3. The van der Waals surface area contributed by atoms with E-state index in [4.69, 9.17) is 39.3 Å². The summed E-state index contributed by atoms with van der Waals surface area (Å²) in [5.41, 5.74) is 1.07. The molecule has 0 fully saturated rings. The Labute approximate surface area is 106 Å². The van der Waals surface area contributed by atoms with E-state index in [0.29, 0.717) is 16.3 Å². The van der Waals surface area contributed by atoms with E-state index in [1.165, 1.54) is 18.4 Å². The molecule has 2 rings (SSSR count). The van der Waals surface area contributed by atoms with E-state index >= 15 is 0 Å². The fourth-order valence-electron chi connectivity index (χ4n) is 1.28. The Morgan fingerprint density at radius 1 is 1.25 bits per heavy atom. The van der Waals surface area contributed by atoms with Crippen molar-refractivity contribution in [1.82, 2.24) is 5.16 Å². The summed E-state index contributed by atoms with van der Waals surface area (Å²) in [5, 5.41) is 3.61. The molecule has 82 valence electrons. The van der Waals surface area contributed by atoms with Crippen molar-refractivity contribution < 1.29 is 9.32 Å². The number of rotatable bonds is 2. The molecule has 0 radical (unpaired) electrons. The Bertz CT molecular complexity index is 537. The maximum absolute atomic E-state index is 11.1. The van der Waals surface area contributed by atoms with Crippen molar-refractivity contribution in [3.8, 4) is 11.3 Å². The van der Waals surface area contributed by atoms with Gasteiger partial charge in [0.25, 0.3) is 5.24 Å². The SMILES string of the molecule is O=C(Cl)c1ccc(Cl)c(-c2ccon2)c1Cl. The lowest BCUT2D eigenvalue weighted by molar-refractivity contribution is 0.108. The maximum atomic E-state index is 11.1. The molecule has 1 aromatic carbocycles. The van der Waals surface area contributed by atoms with Crippen LogP contribution in [0.5, 0.6) is 0 Å². The van der Waals surface area contributed by atoms with Crippen molar-refractivity contribution >= 4 is 40.0 Å². The summed E-state index contributed by atoms with van der Waals surface area (Å²) >= 11 is 17.4. The minimum atomic E-state index is -0.647. The van der Waals surface area contributed by atoms with Gasteiger partial charge in [-0.25, -0.2) is 0 Å². The largest absolute Gasteiger partial charge is 0.364 e. The Morgan fingerprint density at radius 3 is 2.56 bits per heavy atom. The van der Waals surface area contributed by atoms with Crippen LogP contribution in [0.15, 0.2) is 29.0 Å². The maximum Gasteiger partial charge on any atom is 0.253 e. The third-order valence-electron chi connectivity index (χ3n) is 2.00. The molecule has 0 spiro atoms. The Kier molecular flexibility index (Phi) is 3.19. The summed E-state index contributed by atoms with van der Waals surface area (Å²) in [4.78, 5) is 11.1. The zero-order valence-electron chi connectivity index (χ0n) is 7.71. The van der Waals surface area contributed by atoms with Gasteiger partial charge >= 0.3 is 0 Å². The van der Waals surface area contributed by atoms with Crippen molar-refractivity contribution in [2.45, 2.75) is 0 Å². The summed E-state index contributed by atoms with van der Waals surface area (Å²) in [6.45, 7) is 0. The van der Waals surface area contributed by atoms with Gasteiger partial charge in [0.05, 0.1) is 15.6 Å². The molecular formula is C10H4Cl3NO2. The molecule has 2 aromatic rings. The molecule has 0 unspecified atom stereocenters. The molecule has 3 nitrogen and oxygen atoms in total. The van der Waals surface area contributed by atoms with Crippen molar-refractivity contribution in [3.05, 3.63) is 40.1 Å². The van der Waals surface area contributed by atoms with Crippen LogP contribution in [0.3, 0.4) is 0 Å². The van der Waals surface area contributed by atoms with E-state index in [0.717, 1.165) is 0 Å². The first-order valence-electron chi connectivity index (χ1n) is 4.20. The van der Waals surface area contributed by atoms with Crippen LogP contribution in [0.1, 0.15) is 10.4 Å². The third kappa shape index (κ3) is 1.94. The molecule has 6 heteroatoms. The fraction of sp³-hybridized carbons (Fsp3) is 0. The van der Waals surface area contributed by atoms with Gasteiger partial charge in [-0.2, -0.15) is 0 Å². The monoisotopic (exact) mass is 275 g/mol. The number of nitrogens with zero attached hydrogens (tertiary/aromatic N) is 1. The highest BCUT2D eigenvalue weighted by molar-refractivity contribution is 6.69. The number of carbonyl (C=O) groups excluding carboxylic acids is 1. The average molecular weight is 277 g/mol. The second kappa shape index (κ2) is 4.45. The highest BCUT2D eigenvalue weighted by Gasteiger charge is 2.17. The quantitative estimate of drug-likeness (QED) is 0.778. The van der Waals surface area contributed by atoms with Gasteiger partial charge in [0.2, 0.25) is 0 Å². The molecular weight excluding hydrogens is 272 g/mol. The molecule has 0 aliphatic rings. The third-order valence-corrected chi connectivity index (χ3v) is 2.91. The van der Waals surface area contributed by atoms with Crippen LogP contribution in [0.25, 0.3) is 11.3 Å². The Morgan fingerprint density at radius 2 is 2.00 bits per heavy atom. The van der Waals surface area contributed by atoms with Gasteiger partial charge in [0.15, 0.2) is 0 Å². The van der Waals surface area contributed by atoms with Crippen LogP contribution in [-0.4, -0.2) is 10.4 Å². The summed E-state index contributed by atoms with van der Waals surface area (Å²) < 4.78 is 4.69. The van der Waals surface area contributed by atoms with Gasteiger partial charge in [-0.1, -0.05) is 28.4 Å². The normalized spacial score (nSPS) is 10.4. The van der Waals surface area contributed by atoms with Gasteiger partial charge in [-0.15, -0.1) is 0 Å². The van der Waals surface area contributed by atoms with E-state index in [-0.39, 0.29) is 10.6 Å². The molecule has 0 aliphatic carbocycles. The van der Waals surface area contributed by atoms with Gasteiger partial charge in [0.1, 0.15) is 12.0 Å². The van der Waals surface area contributed by atoms with E-state index in [9.17, 15) is 4.79 Å². The molecule has 0 saturated heterocycles. The second-order valence-corrected chi connectivity index (χ2v) is 4.07. The predicted molar refractivity (Wildman–Crippen MR) is 62.1 cm³/mol. The van der Waals surface area contributed by atoms with E-state index in [1.54, 1.807) is 6.07 Å². The van der Waals surface area contributed by atoms with Crippen LogP contribution in [0.2, 0.25) is 10.0 Å². The van der Waals surface area contributed by atoms with Crippen LogP contribution >= 0.6 is 34.8 Å². The Balaban J connectivity index is 2.69. The first kappa shape index (κ1) is 11.5. The van der Waals surface area contributed by atoms with Crippen molar-refractivity contribution in [2.75, 3.05) is 0 Å². The second-order valence-electron chi connectivity index (χ2n) is 2.94. The standard InChI is InChI=1S/C10H4Cl3NO2/c11-6-2-1-5(10(13)15)9(12)8(6)7-3-4-16-14-7/h1-4H. The lowest BCUT2D eigenvalue weighted by Gasteiger charge is -2.06. The average Bonchev–Trinajstić information content (AvgIpc) is 2.70. The lowest BCUT2D eigenvalue weighted by atomic mass is 10.1. The van der Waals surface area contributed by atoms with Crippen LogP contribution in [0, 0.1) is 0 Å².